The average Bonchev–Trinajstić information content (AvgIpc) is 2.53. The van der Waals surface area contributed by atoms with Gasteiger partial charge in [0.1, 0.15) is 5.82 Å². The third kappa shape index (κ3) is 2.96. The fourth-order valence-electron chi connectivity index (χ4n) is 3.20. The molecular weight excluding hydrogens is 311 g/mol. The molecule has 0 radical (unpaired) electrons. The molecule has 1 amide bonds. The average molecular weight is 330 g/mol. The van der Waals surface area contributed by atoms with Crippen molar-refractivity contribution in [1.82, 2.24) is 9.88 Å². The van der Waals surface area contributed by atoms with Crippen LogP contribution in [-0.2, 0) is 4.79 Å². The van der Waals surface area contributed by atoms with Crippen LogP contribution in [0, 0.1) is 18.7 Å². The molecule has 2 heterocycles. The Kier molecular flexibility index (Phi) is 4.22. The molecule has 1 fully saturated rings. The minimum atomic E-state index is -0.872. The number of amides is 1. The van der Waals surface area contributed by atoms with Gasteiger partial charge in [-0.1, -0.05) is 0 Å². The summed E-state index contributed by atoms with van der Waals surface area (Å²) in [6.45, 7) is 3.84. The number of halogens is 1. The van der Waals surface area contributed by atoms with Crippen molar-refractivity contribution in [3.05, 3.63) is 41.3 Å². The lowest BCUT2D eigenvalue weighted by Crippen LogP contribution is -2.47. The number of benzene rings is 1. The normalized spacial score (nSPS) is 21.0. The lowest BCUT2D eigenvalue weighted by Gasteiger charge is -2.36. The zero-order chi connectivity index (χ0) is 17.4. The maximum Gasteiger partial charge on any atom is 0.308 e. The van der Waals surface area contributed by atoms with Crippen LogP contribution in [0.4, 0.5) is 4.39 Å². The van der Waals surface area contributed by atoms with E-state index in [0.29, 0.717) is 35.0 Å². The Morgan fingerprint density at radius 1 is 1.29 bits per heavy atom. The molecular formula is C18H19FN2O3. The van der Waals surface area contributed by atoms with Crippen molar-refractivity contribution in [2.45, 2.75) is 32.7 Å². The third-order valence-electron chi connectivity index (χ3n) is 4.69. The van der Waals surface area contributed by atoms with Gasteiger partial charge in [-0.15, -0.1) is 0 Å². The highest BCUT2D eigenvalue weighted by Crippen LogP contribution is 2.26. The number of carbonyl (C=O) groups is 2. The largest absolute Gasteiger partial charge is 0.481 e. The number of nitrogens with zero attached hydrogens (tertiary/aromatic N) is 2. The minimum Gasteiger partial charge on any atom is -0.481 e. The molecule has 1 aliphatic rings. The second kappa shape index (κ2) is 6.19. The quantitative estimate of drug-likeness (QED) is 0.919. The van der Waals surface area contributed by atoms with Crippen molar-refractivity contribution >= 4 is 22.8 Å². The van der Waals surface area contributed by atoms with E-state index in [1.807, 2.05) is 6.92 Å². The lowest BCUT2D eigenvalue weighted by molar-refractivity contribution is -0.143. The first kappa shape index (κ1) is 16.4. The van der Waals surface area contributed by atoms with Crippen LogP contribution < -0.4 is 0 Å². The van der Waals surface area contributed by atoms with Gasteiger partial charge >= 0.3 is 5.97 Å². The Morgan fingerprint density at radius 2 is 2.04 bits per heavy atom. The number of likely N-dealkylation sites (tertiary alicyclic amines) is 1. The molecule has 24 heavy (non-hydrogen) atoms. The standard InChI is InChI=1S/C18H19FN2O3/c1-10-3-4-13(18(23)24)9-21(10)17(22)15-7-12-5-6-14(19)8-16(12)20-11(15)2/h5-8,10,13H,3-4,9H2,1-2H3,(H,23,24). The van der Waals surface area contributed by atoms with Crippen LogP contribution in [0.15, 0.2) is 24.3 Å². The van der Waals surface area contributed by atoms with E-state index < -0.39 is 11.9 Å². The first-order valence-corrected chi connectivity index (χ1v) is 7.97. The van der Waals surface area contributed by atoms with E-state index in [9.17, 15) is 19.1 Å². The van der Waals surface area contributed by atoms with Gasteiger partial charge in [0.05, 0.1) is 22.7 Å². The molecule has 1 saturated heterocycles. The Hall–Kier alpha value is -2.50. The first-order valence-electron chi connectivity index (χ1n) is 7.97. The Morgan fingerprint density at radius 3 is 2.75 bits per heavy atom. The summed E-state index contributed by atoms with van der Waals surface area (Å²) in [5, 5.41) is 9.92. The minimum absolute atomic E-state index is 0.0172. The van der Waals surface area contributed by atoms with Crippen molar-refractivity contribution < 1.29 is 19.1 Å². The van der Waals surface area contributed by atoms with Crippen LogP contribution in [0.3, 0.4) is 0 Å². The number of carbonyl (C=O) groups excluding carboxylic acids is 1. The molecule has 0 bridgehead atoms. The van der Waals surface area contributed by atoms with Crippen molar-refractivity contribution in [2.24, 2.45) is 5.92 Å². The van der Waals surface area contributed by atoms with Crippen molar-refractivity contribution in [2.75, 3.05) is 6.54 Å². The molecule has 0 aliphatic carbocycles. The number of piperidine rings is 1. The summed E-state index contributed by atoms with van der Waals surface area (Å²) in [4.78, 5) is 30.1. The van der Waals surface area contributed by atoms with Gasteiger partial charge in [-0.25, -0.2) is 4.39 Å². The van der Waals surface area contributed by atoms with E-state index in [4.69, 9.17) is 0 Å². The zero-order valence-electron chi connectivity index (χ0n) is 13.6. The summed E-state index contributed by atoms with van der Waals surface area (Å²) >= 11 is 0. The van der Waals surface area contributed by atoms with E-state index >= 15 is 0 Å². The Labute approximate surface area is 139 Å². The molecule has 126 valence electrons. The molecule has 1 N–H and O–H groups in total. The van der Waals surface area contributed by atoms with Gasteiger partial charge in [-0.2, -0.15) is 0 Å². The molecule has 1 aliphatic heterocycles. The predicted molar refractivity (Wildman–Crippen MR) is 87.3 cm³/mol. The summed E-state index contributed by atoms with van der Waals surface area (Å²) in [5.41, 5.74) is 1.45. The van der Waals surface area contributed by atoms with Gasteiger partial charge in [0.2, 0.25) is 0 Å². The van der Waals surface area contributed by atoms with Gasteiger partial charge in [0.15, 0.2) is 0 Å². The number of aromatic nitrogens is 1. The third-order valence-corrected chi connectivity index (χ3v) is 4.69. The highest BCUT2D eigenvalue weighted by molar-refractivity contribution is 5.99. The van der Waals surface area contributed by atoms with E-state index in [-0.39, 0.29) is 24.3 Å². The van der Waals surface area contributed by atoms with Crippen LogP contribution in [0.5, 0.6) is 0 Å². The van der Waals surface area contributed by atoms with E-state index in [1.54, 1.807) is 24.0 Å². The van der Waals surface area contributed by atoms with Crippen molar-refractivity contribution in [1.29, 1.82) is 0 Å². The van der Waals surface area contributed by atoms with Gasteiger partial charge in [-0.05, 0) is 44.9 Å². The summed E-state index contributed by atoms with van der Waals surface area (Å²) in [7, 11) is 0. The Bertz CT molecular complexity index is 821. The van der Waals surface area contributed by atoms with Gasteiger partial charge < -0.3 is 10.0 Å². The van der Waals surface area contributed by atoms with Crippen LogP contribution in [0.1, 0.15) is 35.8 Å². The number of hydrogen-bond donors (Lipinski definition) is 1. The number of pyridine rings is 1. The highest BCUT2D eigenvalue weighted by Gasteiger charge is 2.33. The molecule has 0 saturated carbocycles. The number of carboxylic acids is 1. The molecule has 2 atom stereocenters. The number of rotatable bonds is 2. The number of aliphatic carboxylic acids is 1. The zero-order valence-corrected chi connectivity index (χ0v) is 13.6. The molecule has 5 nitrogen and oxygen atoms in total. The molecule has 3 rings (SSSR count). The lowest BCUT2D eigenvalue weighted by atomic mass is 9.92. The van der Waals surface area contributed by atoms with Crippen molar-refractivity contribution in [3.63, 3.8) is 0 Å². The molecule has 2 unspecified atom stereocenters. The van der Waals surface area contributed by atoms with Crippen LogP contribution in [0.2, 0.25) is 0 Å². The molecule has 1 aromatic heterocycles. The van der Waals surface area contributed by atoms with Crippen LogP contribution >= 0.6 is 0 Å². The van der Waals surface area contributed by atoms with E-state index in [2.05, 4.69) is 4.98 Å². The molecule has 1 aromatic carbocycles. The first-order chi connectivity index (χ1) is 11.4. The maximum atomic E-state index is 13.3. The molecule has 0 spiro atoms. The highest BCUT2D eigenvalue weighted by atomic mass is 19.1. The summed E-state index contributed by atoms with van der Waals surface area (Å²) in [6, 6.07) is 5.94. The van der Waals surface area contributed by atoms with Crippen LogP contribution in [-0.4, -0.2) is 39.5 Å². The van der Waals surface area contributed by atoms with Gasteiger partial charge in [0.25, 0.3) is 5.91 Å². The number of fused-ring (bicyclic) bond motifs is 1. The van der Waals surface area contributed by atoms with E-state index in [1.165, 1.54) is 12.1 Å². The second-order valence-electron chi connectivity index (χ2n) is 6.38. The summed E-state index contributed by atoms with van der Waals surface area (Å²) in [5.74, 6) is -2.00. The summed E-state index contributed by atoms with van der Waals surface area (Å²) in [6.07, 6.45) is 1.24. The van der Waals surface area contributed by atoms with E-state index in [0.717, 1.165) is 0 Å². The smallest absolute Gasteiger partial charge is 0.308 e. The van der Waals surface area contributed by atoms with Gasteiger partial charge in [0, 0.05) is 24.0 Å². The molecule has 6 heteroatoms. The molecule has 2 aromatic rings. The Balaban J connectivity index is 1.96. The fraction of sp³-hybridized carbons (Fsp3) is 0.389. The number of aryl methyl sites for hydroxylation is 1. The monoisotopic (exact) mass is 330 g/mol. The maximum absolute atomic E-state index is 13.3. The summed E-state index contributed by atoms with van der Waals surface area (Å²) < 4.78 is 13.3. The SMILES string of the molecule is Cc1nc2cc(F)ccc2cc1C(=O)N1CC(C(=O)O)CCC1C. The topological polar surface area (TPSA) is 70.5 Å². The predicted octanol–water partition coefficient (Wildman–Crippen LogP) is 3.01. The fourth-order valence-corrected chi connectivity index (χ4v) is 3.20. The van der Waals surface area contributed by atoms with Crippen molar-refractivity contribution in [3.8, 4) is 0 Å². The number of hydrogen-bond acceptors (Lipinski definition) is 3. The van der Waals surface area contributed by atoms with Crippen LogP contribution in [0.25, 0.3) is 10.9 Å². The van der Waals surface area contributed by atoms with Gasteiger partial charge in [-0.3, -0.25) is 14.6 Å². The second-order valence-corrected chi connectivity index (χ2v) is 6.38. The number of carboxylic acid groups (broad SMARTS) is 1.